The molecule has 0 saturated carbocycles. The van der Waals surface area contributed by atoms with Crippen LogP contribution in [0.15, 0.2) is 22.8 Å². The van der Waals surface area contributed by atoms with Gasteiger partial charge >= 0.3 is 0 Å². The van der Waals surface area contributed by atoms with Gasteiger partial charge in [0.2, 0.25) is 0 Å². The highest BCUT2D eigenvalue weighted by molar-refractivity contribution is 9.09. The van der Waals surface area contributed by atoms with Crippen LogP contribution in [0.5, 0.6) is 0 Å². The molecule has 0 aromatic heterocycles. The fourth-order valence-electron chi connectivity index (χ4n) is 0.800. The third kappa shape index (κ3) is 2.01. The Morgan fingerprint density at radius 3 is 2.80 bits per heavy atom. The van der Waals surface area contributed by atoms with Crippen molar-refractivity contribution < 1.29 is 0 Å². The van der Waals surface area contributed by atoms with Crippen LogP contribution in [-0.2, 0) is 0 Å². The van der Waals surface area contributed by atoms with Crippen LogP contribution in [0.3, 0.4) is 0 Å². The summed E-state index contributed by atoms with van der Waals surface area (Å²) in [6.45, 7) is 0. The summed E-state index contributed by atoms with van der Waals surface area (Å²) in [5, 5.41) is 1.75. The summed E-state index contributed by atoms with van der Waals surface area (Å²) in [6.07, 6.45) is 4.63. The lowest BCUT2D eigenvalue weighted by Crippen LogP contribution is -2.07. The molecule has 0 aromatic rings. The van der Waals surface area contributed by atoms with Gasteiger partial charge in [-0.2, -0.15) is 0 Å². The zero-order valence-corrected chi connectivity index (χ0v) is 8.38. The molecule has 0 radical (unpaired) electrons. The van der Waals surface area contributed by atoms with Gasteiger partial charge in [-0.05, 0) is 11.6 Å². The van der Waals surface area contributed by atoms with E-state index < -0.39 is 0 Å². The number of rotatable bonds is 1. The van der Waals surface area contributed by atoms with Crippen molar-refractivity contribution in [2.24, 2.45) is 0 Å². The summed E-state index contributed by atoms with van der Waals surface area (Å²) in [7, 11) is 0. The van der Waals surface area contributed by atoms with Gasteiger partial charge in [0.05, 0.1) is 5.38 Å². The van der Waals surface area contributed by atoms with Crippen LogP contribution in [-0.4, -0.2) is 10.7 Å². The summed E-state index contributed by atoms with van der Waals surface area (Å²) in [5.74, 6) is 0. The third-order valence-corrected chi connectivity index (χ3v) is 2.77. The van der Waals surface area contributed by atoms with E-state index in [1.807, 2.05) is 12.2 Å². The van der Waals surface area contributed by atoms with Crippen molar-refractivity contribution in [3.8, 4) is 0 Å². The quantitative estimate of drug-likeness (QED) is 0.617. The molecule has 0 spiro atoms. The van der Waals surface area contributed by atoms with E-state index in [1.165, 1.54) is 5.57 Å². The Labute approximate surface area is 79.0 Å². The predicted molar refractivity (Wildman–Crippen MR) is 50.1 cm³/mol. The first-order chi connectivity index (χ1) is 4.74. The molecular weight excluding hydrogens is 235 g/mol. The minimum Gasteiger partial charge on any atom is -0.118 e. The molecule has 56 valence electrons. The second-order valence-electron chi connectivity index (χ2n) is 2.16. The Morgan fingerprint density at radius 2 is 2.30 bits per heavy atom. The summed E-state index contributed by atoms with van der Waals surface area (Å²) in [5.41, 5.74) is 1.20. The van der Waals surface area contributed by atoms with E-state index in [1.54, 1.807) is 0 Å². The van der Waals surface area contributed by atoms with Gasteiger partial charge in [0.25, 0.3) is 0 Å². The first-order valence-corrected chi connectivity index (χ1v) is 4.93. The highest BCUT2D eigenvalue weighted by atomic mass is 79.9. The molecule has 0 aliphatic heterocycles. The first kappa shape index (κ1) is 8.63. The van der Waals surface area contributed by atoms with E-state index in [4.69, 9.17) is 23.2 Å². The van der Waals surface area contributed by atoms with Gasteiger partial charge in [0, 0.05) is 16.8 Å². The van der Waals surface area contributed by atoms with Crippen LogP contribution in [0.2, 0.25) is 0 Å². The van der Waals surface area contributed by atoms with Crippen LogP contribution in [0.1, 0.15) is 6.42 Å². The molecule has 0 bridgehead atoms. The maximum absolute atomic E-state index is 5.95. The van der Waals surface area contributed by atoms with Gasteiger partial charge in [-0.15, -0.1) is 11.6 Å². The Morgan fingerprint density at radius 1 is 1.60 bits per heavy atom. The molecule has 0 N–H and O–H groups in total. The normalized spacial score (nSPS) is 25.7. The average Bonchev–Trinajstić information content (AvgIpc) is 1.88. The highest BCUT2D eigenvalue weighted by Gasteiger charge is 2.14. The van der Waals surface area contributed by atoms with Crippen molar-refractivity contribution in [2.45, 2.75) is 11.8 Å². The molecule has 0 nitrogen and oxygen atoms in total. The number of hydrogen-bond donors (Lipinski definition) is 0. The van der Waals surface area contributed by atoms with Gasteiger partial charge < -0.3 is 0 Å². The molecule has 0 saturated heterocycles. The molecule has 10 heavy (non-hydrogen) atoms. The van der Waals surface area contributed by atoms with Crippen molar-refractivity contribution in [1.29, 1.82) is 0 Å². The fraction of sp³-hybridized carbons (Fsp3) is 0.429. The Bertz CT molecular complexity index is 184. The van der Waals surface area contributed by atoms with E-state index in [-0.39, 0.29) is 5.38 Å². The largest absolute Gasteiger partial charge is 0.118 e. The van der Waals surface area contributed by atoms with Crippen molar-refractivity contribution in [3.05, 3.63) is 22.8 Å². The Hall–Kier alpha value is 0.540. The topological polar surface area (TPSA) is 0 Å². The molecular formula is C7H7BrCl2. The van der Waals surface area contributed by atoms with Gasteiger partial charge in [-0.1, -0.05) is 33.6 Å². The number of hydrogen-bond acceptors (Lipinski definition) is 0. The van der Waals surface area contributed by atoms with Crippen LogP contribution < -0.4 is 0 Å². The molecule has 0 aromatic carbocycles. The molecule has 1 aliphatic carbocycles. The second-order valence-corrected chi connectivity index (χ2v) is 3.73. The van der Waals surface area contributed by atoms with Gasteiger partial charge in [-0.25, -0.2) is 0 Å². The minimum absolute atomic E-state index is 0.0804. The van der Waals surface area contributed by atoms with E-state index in [2.05, 4.69) is 15.9 Å². The standard InChI is InChI=1S/C7H7BrCl2/c8-4-5-1-2-6(9)3-7(5)10/h1-2,7H,3-4H2. The van der Waals surface area contributed by atoms with Gasteiger partial charge in [-0.3, -0.25) is 0 Å². The highest BCUT2D eigenvalue weighted by Crippen LogP contribution is 2.26. The fourth-order valence-corrected chi connectivity index (χ4v) is 2.18. The molecule has 3 heteroatoms. The van der Waals surface area contributed by atoms with Crippen molar-refractivity contribution in [2.75, 3.05) is 5.33 Å². The molecule has 1 unspecified atom stereocenters. The predicted octanol–water partition coefficient (Wildman–Crippen LogP) is 3.44. The van der Waals surface area contributed by atoms with E-state index in [0.29, 0.717) is 0 Å². The van der Waals surface area contributed by atoms with E-state index in [0.717, 1.165) is 16.8 Å². The molecule has 1 aliphatic rings. The monoisotopic (exact) mass is 240 g/mol. The van der Waals surface area contributed by atoms with Gasteiger partial charge in [0.1, 0.15) is 0 Å². The lowest BCUT2D eigenvalue weighted by Gasteiger charge is -2.14. The smallest absolute Gasteiger partial charge is 0.0605 e. The maximum Gasteiger partial charge on any atom is 0.0605 e. The number of halogens is 3. The third-order valence-electron chi connectivity index (χ3n) is 1.41. The minimum atomic E-state index is 0.0804. The van der Waals surface area contributed by atoms with Crippen LogP contribution in [0.25, 0.3) is 0 Å². The van der Waals surface area contributed by atoms with Crippen molar-refractivity contribution >= 4 is 39.1 Å². The molecule has 0 heterocycles. The lowest BCUT2D eigenvalue weighted by atomic mass is 10.1. The van der Waals surface area contributed by atoms with Crippen LogP contribution in [0.4, 0.5) is 0 Å². The van der Waals surface area contributed by atoms with Crippen LogP contribution in [0, 0.1) is 0 Å². The summed E-state index contributed by atoms with van der Waals surface area (Å²) in [6, 6.07) is 0. The summed E-state index contributed by atoms with van der Waals surface area (Å²) >= 11 is 15.1. The summed E-state index contributed by atoms with van der Waals surface area (Å²) in [4.78, 5) is 0. The summed E-state index contributed by atoms with van der Waals surface area (Å²) < 4.78 is 0. The van der Waals surface area contributed by atoms with Crippen molar-refractivity contribution in [1.82, 2.24) is 0 Å². The molecule has 0 amide bonds. The Balaban J connectivity index is 2.71. The zero-order valence-electron chi connectivity index (χ0n) is 5.28. The second kappa shape index (κ2) is 3.80. The van der Waals surface area contributed by atoms with E-state index in [9.17, 15) is 0 Å². The average molecular weight is 242 g/mol. The molecule has 1 atom stereocenters. The SMILES string of the molecule is ClC1=CC=C(CBr)C(Cl)C1. The van der Waals surface area contributed by atoms with Crippen LogP contribution >= 0.6 is 39.1 Å². The Kier molecular flexibility index (Phi) is 3.28. The lowest BCUT2D eigenvalue weighted by molar-refractivity contribution is 0.962. The zero-order chi connectivity index (χ0) is 7.56. The van der Waals surface area contributed by atoms with Gasteiger partial charge in [0.15, 0.2) is 0 Å². The molecule has 1 rings (SSSR count). The maximum atomic E-state index is 5.95. The number of allylic oxidation sites excluding steroid dienone is 4. The van der Waals surface area contributed by atoms with Crippen molar-refractivity contribution in [3.63, 3.8) is 0 Å². The number of alkyl halides is 2. The first-order valence-electron chi connectivity index (χ1n) is 2.99. The molecule has 0 fully saturated rings. The van der Waals surface area contributed by atoms with E-state index >= 15 is 0 Å².